The Morgan fingerprint density at radius 3 is 3.19 bits per heavy atom. The standard InChI is InChI=1S/C10H11N3O3/c1-15-8-9(12-6-13-10(8)14)11-5-7-3-2-4-16-7/h2-4,6H,5H2,1H3,(H2,11,12,13,14). The summed E-state index contributed by atoms with van der Waals surface area (Å²) >= 11 is 0. The molecule has 0 aliphatic rings. The normalized spacial score (nSPS) is 10.1. The van der Waals surface area contributed by atoms with Gasteiger partial charge in [0.05, 0.1) is 26.2 Å². The number of methoxy groups -OCH3 is 1. The third kappa shape index (κ3) is 2.05. The van der Waals surface area contributed by atoms with E-state index in [0.717, 1.165) is 5.76 Å². The van der Waals surface area contributed by atoms with E-state index in [9.17, 15) is 4.79 Å². The van der Waals surface area contributed by atoms with Gasteiger partial charge in [0.1, 0.15) is 5.76 Å². The first kappa shape index (κ1) is 10.3. The van der Waals surface area contributed by atoms with E-state index >= 15 is 0 Å². The molecule has 84 valence electrons. The minimum absolute atomic E-state index is 0.161. The molecule has 6 heteroatoms. The first-order valence-electron chi connectivity index (χ1n) is 4.69. The number of aromatic amines is 1. The van der Waals surface area contributed by atoms with E-state index in [1.807, 2.05) is 6.07 Å². The van der Waals surface area contributed by atoms with Crippen molar-refractivity contribution in [2.45, 2.75) is 6.54 Å². The molecule has 0 aliphatic carbocycles. The van der Waals surface area contributed by atoms with E-state index in [2.05, 4.69) is 15.3 Å². The fourth-order valence-electron chi connectivity index (χ4n) is 1.29. The molecule has 2 heterocycles. The number of anilines is 1. The summed E-state index contributed by atoms with van der Waals surface area (Å²) in [7, 11) is 1.42. The van der Waals surface area contributed by atoms with Crippen LogP contribution in [0.3, 0.4) is 0 Å². The van der Waals surface area contributed by atoms with Gasteiger partial charge in [-0.15, -0.1) is 0 Å². The van der Waals surface area contributed by atoms with Crippen molar-refractivity contribution in [1.29, 1.82) is 0 Å². The Kier molecular flexibility index (Phi) is 2.90. The summed E-state index contributed by atoms with van der Waals surface area (Å²) in [6, 6.07) is 3.62. The lowest BCUT2D eigenvalue weighted by Gasteiger charge is -2.06. The summed E-state index contributed by atoms with van der Waals surface area (Å²) < 4.78 is 10.1. The lowest BCUT2D eigenvalue weighted by molar-refractivity contribution is 0.407. The third-order valence-corrected chi connectivity index (χ3v) is 2.02. The number of hydrogen-bond acceptors (Lipinski definition) is 5. The molecule has 0 aliphatic heterocycles. The Morgan fingerprint density at radius 2 is 2.50 bits per heavy atom. The number of rotatable bonds is 4. The molecule has 0 amide bonds. The number of nitrogens with one attached hydrogen (secondary N) is 2. The smallest absolute Gasteiger partial charge is 0.295 e. The van der Waals surface area contributed by atoms with Gasteiger partial charge in [0, 0.05) is 0 Å². The molecule has 0 atom stereocenters. The van der Waals surface area contributed by atoms with Gasteiger partial charge in [-0.3, -0.25) is 4.79 Å². The maximum absolute atomic E-state index is 11.3. The Balaban J connectivity index is 2.15. The molecule has 2 aromatic heterocycles. The first-order chi connectivity index (χ1) is 7.81. The van der Waals surface area contributed by atoms with Gasteiger partial charge < -0.3 is 19.5 Å². The maximum atomic E-state index is 11.3. The van der Waals surface area contributed by atoms with Gasteiger partial charge in [0.2, 0.25) is 5.75 Å². The van der Waals surface area contributed by atoms with E-state index in [-0.39, 0.29) is 11.3 Å². The average molecular weight is 221 g/mol. The van der Waals surface area contributed by atoms with Gasteiger partial charge >= 0.3 is 0 Å². The molecule has 2 rings (SSSR count). The number of hydrogen-bond donors (Lipinski definition) is 2. The summed E-state index contributed by atoms with van der Waals surface area (Å²) in [4.78, 5) is 17.8. The molecule has 0 radical (unpaired) electrons. The van der Waals surface area contributed by atoms with Crippen LogP contribution in [0, 0.1) is 0 Å². The maximum Gasteiger partial charge on any atom is 0.295 e. The summed E-state index contributed by atoms with van der Waals surface area (Å²) in [5.41, 5.74) is -0.320. The highest BCUT2D eigenvalue weighted by Gasteiger charge is 2.08. The highest BCUT2D eigenvalue weighted by atomic mass is 16.5. The average Bonchev–Trinajstić information content (AvgIpc) is 2.79. The van der Waals surface area contributed by atoms with Crippen LogP contribution in [0.25, 0.3) is 0 Å². The van der Waals surface area contributed by atoms with Crippen LogP contribution in [0.1, 0.15) is 5.76 Å². The van der Waals surface area contributed by atoms with E-state index in [0.29, 0.717) is 12.4 Å². The minimum Gasteiger partial charge on any atom is -0.489 e. The monoisotopic (exact) mass is 221 g/mol. The molecule has 0 saturated carbocycles. The predicted molar refractivity (Wildman–Crippen MR) is 57.4 cm³/mol. The van der Waals surface area contributed by atoms with Gasteiger partial charge in [0.15, 0.2) is 5.82 Å². The van der Waals surface area contributed by atoms with Crippen molar-refractivity contribution in [2.75, 3.05) is 12.4 Å². The van der Waals surface area contributed by atoms with Gasteiger partial charge in [-0.2, -0.15) is 0 Å². The summed E-state index contributed by atoms with van der Waals surface area (Å²) in [5, 5.41) is 2.96. The van der Waals surface area contributed by atoms with Crippen molar-refractivity contribution in [2.24, 2.45) is 0 Å². The van der Waals surface area contributed by atoms with Crippen molar-refractivity contribution in [1.82, 2.24) is 9.97 Å². The number of furan rings is 1. The zero-order chi connectivity index (χ0) is 11.4. The quantitative estimate of drug-likeness (QED) is 0.804. The van der Waals surface area contributed by atoms with Gasteiger partial charge in [-0.1, -0.05) is 0 Å². The van der Waals surface area contributed by atoms with Crippen LogP contribution in [0.4, 0.5) is 5.82 Å². The lowest BCUT2D eigenvalue weighted by atomic mass is 10.4. The van der Waals surface area contributed by atoms with Crippen molar-refractivity contribution in [3.8, 4) is 5.75 Å². The molecule has 6 nitrogen and oxygen atoms in total. The highest BCUT2D eigenvalue weighted by molar-refractivity contribution is 5.47. The molecule has 0 fully saturated rings. The largest absolute Gasteiger partial charge is 0.489 e. The molecular formula is C10H11N3O3. The van der Waals surface area contributed by atoms with Crippen molar-refractivity contribution >= 4 is 5.82 Å². The predicted octanol–water partition coefficient (Wildman–Crippen LogP) is 0.984. The fraction of sp³-hybridized carbons (Fsp3) is 0.200. The Labute approximate surface area is 91.3 Å². The minimum atomic E-state index is -0.320. The van der Waals surface area contributed by atoms with Gasteiger partial charge in [-0.05, 0) is 12.1 Å². The molecule has 0 aromatic carbocycles. The van der Waals surface area contributed by atoms with Crippen molar-refractivity contribution < 1.29 is 9.15 Å². The molecule has 2 aromatic rings. The first-order valence-corrected chi connectivity index (χ1v) is 4.69. The zero-order valence-electron chi connectivity index (χ0n) is 8.69. The SMILES string of the molecule is COc1c(NCc2ccco2)nc[nH]c1=O. The number of H-pyrrole nitrogens is 1. The van der Waals surface area contributed by atoms with Crippen LogP contribution in [0.5, 0.6) is 5.75 Å². The molecule has 0 bridgehead atoms. The molecule has 16 heavy (non-hydrogen) atoms. The van der Waals surface area contributed by atoms with Crippen LogP contribution in [0.15, 0.2) is 33.9 Å². The van der Waals surface area contributed by atoms with E-state index < -0.39 is 0 Å². The summed E-state index contributed by atoms with van der Waals surface area (Å²) in [6.45, 7) is 0.444. The number of aromatic nitrogens is 2. The van der Waals surface area contributed by atoms with E-state index in [1.165, 1.54) is 13.4 Å². The van der Waals surface area contributed by atoms with Crippen LogP contribution < -0.4 is 15.6 Å². The summed E-state index contributed by atoms with van der Waals surface area (Å²) in [6.07, 6.45) is 2.90. The summed E-state index contributed by atoms with van der Waals surface area (Å²) in [5.74, 6) is 1.31. The zero-order valence-corrected chi connectivity index (χ0v) is 8.69. The lowest BCUT2D eigenvalue weighted by Crippen LogP contribution is -2.13. The molecule has 0 spiro atoms. The van der Waals surface area contributed by atoms with Crippen molar-refractivity contribution in [3.63, 3.8) is 0 Å². The fourth-order valence-corrected chi connectivity index (χ4v) is 1.29. The Bertz CT molecular complexity index is 504. The second-order valence-corrected chi connectivity index (χ2v) is 3.05. The number of nitrogens with zero attached hydrogens (tertiary/aromatic N) is 1. The van der Waals surface area contributed by atoms with E-state index in [4.69, 9.17) is 9.15 Å². The Morgan fingerprint density at radius 1 is 1.62 bits per heavy atom. The van der Waals surface area contributed by atoms with Crippen LogP contribution in [-0.4, -0.2) is 17.1 Å². The van der Waals surface area contributed by atoms with Crippen LogP contribution in [0.2, 0.25) is 0 Å². The topological polar surface area (TPSA) is 80.2 Å². The molecule has 0 unspecified atom stereocenters. The van der Waals surface area contributed by atoms with E-state index in [1.54, 1.807) is 12.3 Å². The third-order valence-electron chi connectivity index (χ3n) is 2.02. The molecular weight excluding hydrogens is 210 g/mol. The molecule has 0 saturated heterocycles. The van der Waals surface area contributed by atoms with Gasteiger partial charge in [-0.25, -0.2) is 4.98 Å². The molecule has 2 N–H and O–H groups in total. The second kappa shape index (κ2) is 4.52. The number of ether oxygens (including phenoxy) is 1. The highest BCUT2D eigenvalue weighted by Crippen LogP contribution is 2.15. The second-order valence-electron chi connectivity index (χ2n) is 3.05. The van der Waals surface area contributed by atoms with Gasteiger partial charge in [0.25, 0.3) is 5.56 Å². The van der Waals surface area contributed by atoms with Crippen LogP contribution >= 0.6 is 0 Å². The van der Waals surface area contributed by atoms with Crippen LogP contribution in [-0.2, 0) is 6.54 Å². The Hall–Kier alpha value is -2.24. The van der Waals surface area contributed by atoms with Crippen molar-refractivity contribution in [3.05, 3.63) is 40.8 Å².